The molecule has 1 fully saturated rings. The van der Waals surface area contributed by atoms with E-state index in [1.165, 1.54) is 5.56 Å². The van der Waals surface area contributed by atoms with Gasteiger partial charge in [0.05, 0.1) is 5.69 Å². The Hall–Kier alpha value is -3.56. The zero-order valence-electron chi connectivity index (χ0n) is 22.0. The van der Waals surface area contributed by atoms with Gasteiger partial charge in [-0.2, -0.15) is 0 Å². The number of likely N-dealkylation sites (N-methyl/N-ethyl adjacent to an activating group) is 1. The Kier molecular flexibility index (Phi) is 7.62. The number of anilines is 3. The second kappa shape index (κ2) is 11.2. The molecule has 9 heteroatoms. The fraction of sp³-hybridized carbons (Fsp3) is 0.429. The first-order valence-corrected chi connectivity index (χ1v) is 13.0. The summed E-state index contributed by atoms with van der Waals surface area (Å²) < 4.78 is 0. The highest BCUT2D eigenvalue weighted by Crippen LogP contribution is 2.23. The van der Waals surface area contributed by atoms with Crippen LogP contribution in [0.5, 0.6) is 0 Å². The van der Waals surface area contributed by atoms with Crippen molar-refractivity contribution in [1.82, 2.24) is 29.7 Å². The summed E-state index contributed by atoms with van der Waals surface area (Å²) in [6.07, 6.45) is 5.04. The van der Waals surface area contributed by atoms with Crippen LogP contribution in [0.4, 0.5) is 17.5 Å². The molecule has 6 rings (SSSR count). The van der Waals surface area contributed by atoms with Gasteiger partial charge >= 0.3 is 0 Å². The molecule has 9 nitrogen and oxygen atoms in total. The van der Waals surface area contributed by atoms with Gasteiger partial charge in [0.15, 0.2) is 0 Å². The first-order chi connectivity index (χ1) is 17.9. The van der Waals surface area contributed by atoms with E-state index in [0.717, 1.165) is 68.5 Å². The molecule has 0 saturated carbocycles. The number of rotatable bonds is 0. The normalized spacial score (nSPS) is 21.6. The monoisotopic (exact) mass is 500 g/mol. The van der Waals surface area contributed by atoms with E-state index in [9.17, 15) is 4.79 Å². The van der Waals surface area contributed by atoms with Crippen molar-refractivity contribution in [2.24, 2.45) is 0 Å². The number of amides is 1. The summed E-state index contributed by atoms with van der Waals surface area (Å²) >= 11 is 0. The average Bonchev–Trinajstić information content (AvgIpc) is 2.90. The van der Waals surface area contributed by atoms with Gasteiger partial charge < -0.3 is 20.0 Å². The second-order valence-electron chi connectivity index (χ2n) is 10.2. The van der Waals surface area contributed by atoms with E-state index in [0.29, 0.717) is 12.4 Å². The fourth-order valence-electron chi connectivity index (χ4n) is 4.99. The number of carbonyl (C=O) groups is 1. The van der Waals surface area contributed by atoms with Crippen LogP contribution in [0, 0.1) is 0 Å². The van der Waals surface area contributed by atoms with Crippen molar-refractivity contribution in [3.63, 3.8) is 0 Å². The number of hydrogen-bond acceptors (Lipinski definition) is 8. The Morgan fingerprint density at radius 3 is 2.65 bits per heavy atom. The highest BCUT2D eigenvalue weighted by atomic mass is 16.2. The van der Waals surface area contributed by atoms with Crippen molar-refractivity contribution in [3.8, 4) is 11.3 Å². The highest BCUT2D eigenvalue weighted by molar-refractivity contribution is 5.76. The molecule has 1 saturated heterocycles. The topological polar surface area (TPSA) is 80.7 Å². The van der Waals surface area contributed by atoms with Crippen molar-refractivity contribution in [3.05, 3.63) is 60.4 Å². The molecule has 1 aromatic carbocycles. The van der Waals surface area contributed by atoms with Gasteiger partial charge in [0.25, 0.3) is 0 Å². The first-order valence-electron chi connectivity index (χ1n) is 13.0. The molecule has 2 atom stereocenters. The molecule has 2 unspecified atom stereocenters. The third-order valence-corrected chi connectivity index (χ3v) is 7.36. The molecule has 3 aliphatic rings. The van der Waals surface area contributed by atoms with Gasteiger partial charge in [-0.1, -0.05) is 12.1 Å². The van der Waals surface area contributed by atoms with Crippen LogP contribution >= 0.6 is 0 Å². The van der Waals surface area contributed by atoms with Gasteiger partial charge in [-0.25, -0.2) is 15.0 Å². The summed E-state index contributed by atoms with van der Waals surface area (Å²) in [5.41, 5.74) is 3.93. The van der Waals surface area contributed by atoms with Crippen LogP contribution < -0.4 is 10.2 Å². The molecule has 0 radical (unpaired) electrons. The number of carbonyl (C=O) groups excluding carboxylic acids is 1. The van der Waals surface area contributed by atoms with E-state index < -0.39 is 0 Å². The van der Waals surface area contributed by atoms with E-state index >= 15 is 0 Å². The second-order valence-corrected chi connectivity index (χ2v) is 10.2. The molecule has 1 N–H and O–H groups in total. The number of nitrogens with zero attached hydrogens (tertiary/aromatic N) is 7. The van der Waals surface area contributed by atoms with E-state index in [4.69, 9.17) is 4.98 Å². The molecular weight excluding hydrogens is 464 g/mol. The van der Waals surface area contributed by atoms with Gasteiger partial charge in [-0.15, -0.1) is 0 Å². The Bertz CT molecular complexity index is 1220. The largest absolute Gasteiger partial charge is 0.360 e. The molecule has 5 heterocycles. The first kappa shape index (κ1) is 25.1. The minimum Gasteiger partial charge on any atom is -0.360 e. The van der Waals surface area contributed by atoms with Crippen LogP contribution in [0.25, 0.3) is 11.3 Å². The molecule has 37 heavy (non-hydrogen) atoms. The Morgan fingerprint density at radius 1 is 0.946 bits per heavy atom. The predicted molar refractivity (Wildman–Crippen MR) is 147 cm³/mol. The zero-order valence-corrected chi connectivity index (χ0v) is 22.0. The van der Waals surface area contributed by atoms with E-state index in [-0.39, 0.29) is 11.9 Å². The standard InChI is InChI=1S/C28H36N8O/c1-33-14-15-36-19-21-6-4-7-23(16-21)31-28-29-11-10-25(32-28)22-8-9-26(30-18-22)34(2)12-5-13-35(3)27(37)17-24(33)20-36/h4,6-11,16,18,24H,5,12-15,17,19-20H2,1-3H3,(H,29,31,32). The lowest BCUT2D eigenvalue weighted by molar-refractivity contribution is -0.131. The lowest BCUT2D eigenvalue weighted by atomic mass is 10.1. The molecule has 194 valence electrons. The number of fused-ring (bicyclic) bond motifs is 8. The van der Waals surface area contributed by atoms with E-state index in [1.54, 1.807) is 6.20 Å². The van der Waals surface area contributed by atoms with Crippen LogP contribution in [0.3, 0.4) is 0 Å². The quantitative estimate of drug-likeness (QED) is 0.505. The Labute approximate surface area is 219 Å². The summed E-state index contributed by atoms with van der Waals surface area (Å²) in [5, 5.41) is 3.36. The third-order valence-electron chi connectivity index (χ3n) is 7.36. The van der Waals surface area contributed by atoms with Gasteiger partial charge in [0, 0.05) is 89.5 Å². The Balaban J connectivity index is 1.42. The predicted octanol–water partition coefficient (Wildman–Crippen LogP) is 3.09. The molecule has 8 bridgehead atoms. The van der Waals surface area contributed by atoms with Crippen molar-refractivity contribution in [2.45, 2.75) is 25.4 Å². The molecule has 2 aromatic heterocycles. The van der Waals surface area contributed by atoms with Gasteiger partial charge in [-0.05, 0) is 49.4 Å². The van der Waals surface area contributed by atoms with Crippen molar-refractivity contribution >= 4 is 23.4 Å². The maximum atomic E-state index is 13.0. The van der Waals surface area contributed by atoms with Gasteiger partial charge in [0.2, 0.25) is 11.9 Å². The minimum absolute atomic E-state index is 0.207. The summed E-state index contributed by atoms with van der Waals surface area (Å²) in [6, 6.07) is 14.6. The summed E-state index contributed by atoms with van der Waals surface area (Å²) in [7, 11) is 6.09. The van der Waals surface area contributed by atoms with Gasteiger partial charge in [0.1, 0.15) is 5.82 Å². The number of nitrogens with one attached hydrogen (secondary N) is 1. The van der Waals surface area contributed by atoms with Crippen LogP contribution in [0.2, 0.25) is 0 Å². The molecular formula is C28H36N8O. The SMILES string of the molecule is CN1CCCN(C)c2ccc(cn2)-c2ccnc(n2)Nc2cccc(c2)CN2CCN(C)C(CC1=O)C2. The number of hydrogen-bond donors (Lipinski definition) is 1. The maximum absolute atomic E-state index is 13.0. The molecule has 3 aliphatic heterocycles. The third kappa shape index (κ3) is 6.23. The lowest BCUT2D eigenvalue weighted by Gasteiger charge is -2.39. The molecule has 1 amide bonds. The summed E-state index contributed by atoms with van der Waals surface area (Å²) in [4.78, 5) is 35.6. The highest BCUT2D eigenvalue weighted by Gasteiger charge is 2.27. The van der Waals surface area contributed by atoms with E-state index in [1.807, 2.05) is 49.5 Å². The van der Waals surface area contributed by atoms with Crippen molar-refractivity contribution in [2.75, 3.05) is 64.1 Å². The zero-order chi connectivity index (χ0) is 25.8. The van der Waals surface area contributed by atoms with Crippen LogP contribution in [0.15, 0.2) is 54.9 Å². The van der Waals surface area contributed by atoms with Crippen LogP contribution in [-0.4, -0.2) is 95.5 Å². The maximum Gasteiger partial charge on any atom is 0.227 e. The van der Waals surface area contributed by atoms with Crippen molar-refractivity contribution < 1.29 is 4.79 Å². The number of benzene rings is 1. The van der Waals surface area contributed by atoms with Crippen molar-refractivity contribution in [1.29, 1.82) is 0 Å². The summed E-state index contributed by atoms with van der Waals surface area (Å²) in [5.74, 6) is 1.66. The number of piperazine rings is 1. The number of aromatic nitrogens is 3. The van der Waals surface area contributed by atoms with Crippen LogP contribution in [-0.2, 0) is 11.3 Å². The smallest absolute Gasteiger partial charge is 0.227 e. The average molecular weight is 501 g/mol. The van der Waals surface area contributed by atoms with Gasteiger partial charge in [-0.3, -0.25) is 9.69 Å². The van der Waals surface area contributed by atoms with E-state index in [2.05, 4.69) is 55.2 Å². The molecule has 3 aromatic rings. The summed E-state index contributed by atoms with van der Waals surface area (Å²) in [6.45, 7) is 5.21. The van der Waals surface area contributed by atoms with Crippen LogP contribution in [0.1, 0.15) is 18.4 Å². The minimum atomic E-state index is 0.207. The molecule has 0 aliphatic carbocycles. The molecule has 0 spiro atoms. The fourth-order valence-corrected chi connectivity index (χ4v) is 4.99. The number of pyridine rings is 1. The lowest BCUT2D eigenvalue weighted by Crippen LogP contribution is -2.52. The Morgan fingerprint density at radius 2 is 1.81 bits per heavy atom.